The average molecular weight is 428 g/mol. The monoisotopic (exact) mass is 427 g/mol. The quantitative estimate of drug-likeness (QED) is 0.671. The number of benzene rings is 1. The highest BCUT2D eigenvalue weighted by atomic mass is 35.5. The molecule has 1 heterocycles. The van der Waals surface area contributed by atoms with Gasteiger partial charge in [0.05, 0.1) is 17.3 Å². The summed E-state index contributed by atoms with van der Waals surface area (Å²) in [5.74, 6) is 0. The Morgan fingerprint density at radius 1 is 1.18 bits per heavy atom. The number of azo groups is 1. The molecular formula is C19H30ClN5O2S. The van der Waals surface area contributed by atoms with Gasteiger partial charge in [0, 0.05) is 36.9 Å². The van der Waals surface area contributed by atoms with Crippen molar-refractivity contribution in [2.75, 3.05) is 31.1 Å². The minimum absolute atomic E-state index is 0.0447. The van der Waals surface area contributed by atoms with Crippen molar-refractivity contribution >= 4 is 27.5 Å². The molecule has 0 amide bonds. The maximum Gasteiger partial charge on any atom is 0.280 e. The van der Waals surface area contributed by atoms with E-state index in [0.717, 1.165) is 5.69 Å². The Labute approximate surface area is 173 Å². The third-order valence-corrected chi connectivity index (χ3v) is 6.53. The van der Waals surface area contributed by atoms with Gasteiger partial charge in [0.1, 0.15) is 0 Å². The standard InChI is InChI=1S/C19H30ClN5O2S/c1-6-18(22-21-15(2)3)19(4,5)23-28(26,27)25-13-11-24(12-14-25)17-9-7-16(20)8-10-17/h6-10,15,23H,11-14H2,1-5H3/b18-6-,22-21?. The lowest BCUT2D eigenvalue weighted by Crippen LogP contribution is -2.56. The van der Waals surface area contributed by atoms with Crippen LogP contribution in [0, 0.1) is 0 Å². The van der Waals surface area contributed by atoms with Crippen molar-refractivity contribution < 1.29 is 8.42 Å². The second-order valence-corrected chi connectivity index (χ2v) is 9.68. The number of hydrogen-bond acceptors (Lipinski definition) is 5. The normalized spacial score (nSPS) is 17.7. The molecule has 28 heavy (non-hydrogen) atoms. The topological polar surface area (TPSA) is 77.4 Å². The summed E-state index contributed by atoms with van der Waals surface area (Å²) >= 11 is 5.94. The Hall–Kier alpha value is -1.48. The number of halogens is 1. The number of allylic oxidation sites excluding steroid dienone is 1. The van der Waals surface area contributed by atoms with Crippen LogP contribution in [-0.4, -0.2) is 50.5 Å². The first kappa shape index (κ1) is 22.8. The number of rotatable bonds is 7. The Bertz CT molecular complexity index is 811. The molecule has 1 aromatic rings. The molecule has 2 rings (SSSR count). The summed E-state index contributed by atoms with van der Waals surface area (Å²) in [5, 5.41) is 9.06. The van der Waals surface area contributed by atoms with Crippen LogP contribution < -0.4 is 9.62 Å². The molecule has 0 saturated carbocycles. The van der Waals surface area contributed by atoms with Crippen molar-refractivity contribution in [1.82, 2.24) is 9.03 Å². The van der Waals surface area contributed by atoms with Crippen LogP contribution in [0.1, 0.15) is 34.6 Å². The lowest BCUT2D eigenvalue weighted by atomic mass is 10.0. The van der Waals surface area contributed by atoms with Crippen molar-refractivity contribution in [3.8, 4) is 0 Å². The van der Waals surface area contributed by atoms with Crippen LogP contribution in [0.15, 0.2) is 46.3 Å². The van der Waals surface area contributed by atoms with E-state index < -0.39 is 15.7 Å². The van der Waals surface area contributed by atoms with Crippen LogP contribution in [0.25, 0.3) is 0 Å². The van der Waals surface area contributed by atoms with Crippen LogP contribution in [-0.2, 0) is 10.2 Å². The number of nitrogens with zero attached hydrogens (tertiary/aromatic N) is 4. The summed E-state index contributed by atoms with van der Waals surface area (Å²) in [6.07, 6.45) is 1.78. The lowest BCUT2D eigenvalue weighted by Gasteiger charge is -2.37. The van der Waals surface area contributed by atoms with Gasteiger partial charge in [-0.05, 0) is 58.9 Å². The molecule has 0 radical (unpaired) electrons. The number of piperazine rings is 1. The van der Waals surface area contributed by atoms with Crippen LogP contribution in [0.5, 0.6) is 0 Å². The summed E-state index contributed by atoms with van der Waals surface area (Å²) in [7, 11) is -3.65. The van der Waals surface area contributed by atoms with Gasteiger partial charge in [0.2, 0.25) is 0 Å². The Kier molecular flexibility index (Phi) is 7.61. The zero-order valence-corrected chi connectivity index (χ0v) is 18.8. The molecule has 0 unspecified atom stereocenters. The van der Waals surface area contributed by atoms with Crippen LogP contribution in [0.3, 0.4) is 0 Å². The lowest BCUT2D eigenvalue weighted by molar-refractivity contribution is 0.366. The van der Waals surface area contributed by atoms with Gasteiger partial charge in [-0.25, -0.2) is 0 Å². The molecule has 0 bridgehead atoms. The molecule has 9 heteroatoms. The maximum atomic E-state index is 12.9. The first-order chi connectivity index (χ1) is 13.0. The van der Waals surface area contributed by atoms with Crippen molar-refractivity contribution in [2.24, 2.45) is 10.2 Å². The Balaban J connectivity index is 2.04. The SMILES string of the molecule is C/C=C(\N=NC(C)C)C(C)(C)NS(=O)(=O)N1CCN(c2ccc(Cl)cc2)CC1. The highest BCUT2D eigenvalue weighted by Gasteiger charge is 2.34. The molecule has 1 saturated heterocycles. The number of nitrogens with one attached hydrogen (secondary N) is 1. The first-order valence-corrected chi connectivity index (χ1v) is 11.2. The average Bonchev–Trinajstić information content (AvgIpc) is 2.61. The Morgan fingerprint density at radius 3 is 2.25 bits per heavy atom. The van der Waals surface area contributed by atoms with Crippen molar-refractivity contribution in [2.45, 2.75) is 46.2 Å². The zero-order chi connectivity index (χ0) is 20.9. The molecule has 7 nitrogen and oxygen atoms in total. The molecule has 0 atom stereocenters. The summed E-state index contributed by atoms with van der Waals surface area (Å²) in [4.78, 5) is 2.15. The van der Waals surface area contributed by atoms with Gasteiger partial charge >= 0.3 is 0 Å². The molecule has 1 N–H and O–H groups in total. The fourth-order valence-electron chi connectivity index (χ4n) is 3.00. The van der Waals surface area contributed by atoms with Gasteiger partial charge in [-0.3, -0.25) is 0 Å². The highest BCUT2D eigenvalue weighted by Crippen LogP contribution is 2.23. The molecule has 0 aliphatic carbocycles. The largest absolute Gasteiger partial charge is 0.369 e. The third kappa shape index (κ3) is 6.01. The predicted molar refractivity (Wildman–Crippen MR) is 115 cm³/mol. The molecule has 1 fully saturated rings. The van der Waals surface area contributed by atoms with Crippen LogP contribution >= 0.6 is 11.6 Å². The van der Waals surface area contributed by atoms with E-state index in [-0.39, 0.29) is 6.04 Å². The van der Waals surface area contributed by atoms with Gasteiger partial charge in [0.25, 0.3) is 10.2 Å². The van der Waals surface area contributed by atoms with E-state index in [2.05, 4.69) is 19.9 Å². The van der Waals surface area contributed by atoms with Crippen LogP contribution in [0.4, 0.5) is 5.69 Å². The van der Waals surface area contributed by atoms with Gasteiger partial charge < -0.3 is 4.90 Å². The highest BCUT2D eigenvalue weighted by molar-refractivity contribution is 7.87. The smallest absolute Gasteiger partial charge is 0.280 e. The van der Waals surface area contributed by atoms with E-state index in [1.165, 1.54) is 4.31 Å². The molecule has 0 spiro atoms. The molecular weight excluding hydrogens is 398 g/mol. The summed E-state index contributed by atoms with van der Waals surface area (Å²) < 4.78 is 30.1. The van der Waals surface area contributed by atoms with E-state index >= 15 is 0 Å². The van der Waals surface area contributed by atoms with Crippen molar-refractivity contribution in [3.05, 3.63) is 41.1 Å². The van der Waals surface area contributed by atoms with Gasteiger partial charge in [0.15, 0.2) is 0 Å². The van der Waals surface area contributed by atoms with E-state index in [1.807, 2.05) is 45.0 Å². The molecule has 0 aromatic heterocycles. The predicted octanol–water partition coefficient (Wildman–Crippen LogP) is 3.84. The van der Waals surface area contributed by atoms with Crippen molar-refractivity contribution in [3.63, 3.8) is 0 Å². The zero-order valence-electron chi connectivity index (χ0n) is 17.2. The molecule has 1 aliphatic heterocycles. The van der Waals surface area contributed by atoms with E-state index in [1.54, 1.807) is 19.9 Å². The summed E-state index contributed by atoms with van der Waals surface area (Å²) in [6.45, 7) is 11.3. The second-order valence-electron chi connectivity index (χ2n) is 7.58. The number of anilines is 1. The van der Waals surface area contributed by atoms with E-state index in [0.29, 0.717) is 36.9 Å². The second kappa shape index (κ2) is 9.35. The first-order valence-electron chi connectivity index (χ1n) is 9.42. The minimum atomic E-state index is -3.65. The third-order valence-electron chi connectivity index (χ3n) is 4.46. The molecule has 156 valence electrons. The summed E-state index contributed by atoms with van der Waals surface area (Å²) in [5.41, 5.74) is 0.767. The fraction of sp³-hybridized carbons (Fsp3) is 0.579. The van der Waals surface area contributed by atoms with Crippen LogP contribution in [0.2, 0.25) is 5.02 Å². The van der Waals surface area contributed by atoms with E-state index in [9.17, 15) is 8.42 Å². The van der Waals surface area contributed by atoms with E-state index in [4.69, 9.17) is 11.6 Å². The number of hydrogen-bond donors (Lipinski definition) is 1. The Morgan fingerprint density at radius 2 is 1.75 bits per heavy atom. The minimum Gasteiger partial charge on any atom is -0.369 e. The molecule has 1 aliphatic rings. The van der Waals surface area contributed by atoms with Gasteiger partial charge in [-0.1, -0.05) is 17.7 Å². The maximum absolute atomic E-state index is 12.9. The van der Waals surface area contributed by atoms with Gasteiger partial charge in [-0.2, -0.15) is 27.7 Å². The fourth-order valence-corrected chi connectivity index (χ4v) is 4.65. The van der Waals surface area contributed by atoms with Crippen molar-refractivity contribution in [1.29, 1.82) is 0 Å². The summed E-state index contributed by atoms with van der Waals surface area (Å²) in [6, 6.07) is 7.63. The van der Waals surface area contributed by atoms with Gasteiger partial charge in [-0.15, -0.1) is 0 Å². The molecule has 1 aromatic carbocycles.